The van der Waals surface area contributed by atoms with Gasteiger partial charge in [0, 0.05) is 5.56 Å². The summed E-state index contributed by atoms with van der Waals surface area (Å²) in [4.78, 5) is 0. The smallest absolute Gasteiger partial charge is 0.331 e. The minimum Gasteiger partial charge on any atom is -0.508 e. The summed E-state index contributed by atoms with van der Waals surface area (Å²) in [6, 6.07) is 4.43. The molecule has 0 radical (unpaired) electrons. The van der Waals surface area contributed by atoms with Gasteiger partial charge in [0.1, 0.15) is 11.5 Å². The molecule has 0 amide bonds. The van der Waals surface area contributed by atoms with Gasteiger partial charge >= 0.3 is 7.60 Å². The molecule has 0 aliphatic heterocycles. The highest BCUT2D eigenvalue weighted by molar-refractivity contribution is 7.53. The Morgan fingerprint density at radius 3 is 2.09 bits per heavy atom. The van der Waals surface area contributed by atoms with E-state index in [0.717, 1.165) is 0 Å². The highest BCUT2D eigenvalue weighted by Gasteiger charge is 2.33. The molecule has 0 aliphatic carbocycles. The van der Waals surface area contributed by atoms with E-state index in [0.29, 0.717) is 12.0 Å². The molecular weight excluding hydrogens is 315 g/mol. The highest BCUT2D eigenvalue weighted by Crippen LogP contribution is 2.53. The third kappa shape index (κ3) is 6.17. The van der Waals surface area contributed by atoms with Crippen molar-refractivity contribution >= 4 is 7.60 Å². The normalized spacial score (nSPS) is 13.0. The lowest BCUT2D eigenvalue weighted by Crippen LogP contribution is -2.21. The van der Waals surface area contributed by atoms with Crippen molar-refractivity contribution in [3.63, 3.8) is 0 Å². The number of rotatable bonds is 8. The zero-order valence-electron chi connectivity index (χ0n) is 14.9. The van der Waals surface area contributed by atoms with E-state index >= 15 is 0 Å². The lowest BCUT2D eigenvalue weighted by molar-refractivity contribution is 0.141. The maximum Gasteiger partial charge on any atom is 0.331 e. The molecule has 0 aromatic heterocycles. The fraction of sp³-hybridized carbons (Fsp3) is 0.647. The van der Waals surface area contributed by atoms with Crippen LogP contribution in [-0.2, 0) is 19.0 Å². The van der Waals surface area contributed by atoms with Crippen LogP contribution in [-0.4, -0.2) is 28.6 Å². The Kier molecular flexibility index (Phi) is 6.70. The minimum atomic E-state index is -3.22. The van der Waals surface area contributed by atoms with Crippen molar-refractivity contribution in [2.75, 3.05) is 6.16 Å². The molecule has 0 fully saturated rings. The Morgan fingerprint density at radius 1 is 1.09 bits per heavy atom. The number of hydrogen-bond donors (Lipinski definition) is 2. The molecule has 1 aromatic carbocycles. The van der Waals surface area contributed by atoms with Crippen LogP contribution in [0.4, 0.5) is 0 Å². The predicted octanol–water partition coefficient (Wildman–Crippen LogP) is 4.81. The SMILES string of the molecule is CC(C)OP(=O)(CCC(C)(C)c1cc(O)ccc1O)OC(C)C. The number of hydrogen-bond acceptors (Lipinski definition) is 5. The van der Waals surface area contributed by atoms with Crippen molar-refractivity contribution in [3.05, 3.63) is 23.8 Å². The maximum atomic E-state index is 12.9. The van der Waals surface area contributed by atoms with Crippen LogP contribution in [0.2, 0.25) is 0 Å². The molecule has 23 heavy (non-hydrogen) atoms. The lowest BCUT2D eigenvalue weighted by Gasteiger charge is -2.29. The van der Waals surface area contributed by atoms with Gasteiger partial charge in [0.25, 0.3) is 0 Å². The van der Waals surface area contributed by atoms with Crippen molar-refractivity contribution in [1.82, 2.24) is 0 Å². The molecule has 0 unspecified atom stereocenters. The van der Waals surface area contributed by atoms with Crippen LogP contribution in [0.25, 0.3) is 0 Å². The van der Waals surface area contributed by atoms with Gasteiger partial charge in [-0.05, 0) is 57.7 Å². The molecule has 0 bridgehead atoms. The fourth-order valence-electron chi connectivity index (χ4n) is 2.39. The van der Waals surface area contributed by atoms with Gasteiger partial charge in [0.2, 0.25) is 0 Å². The van der Waals surface area contributed by atoms with Gasteiger partial charge in [0.15, 0.2) is 0 Å². The molecule has 0 spiro atoms. The highest BCUT2D eigenvalue weighted by atomic mass is 31.2. The monoisotopic (exact) mass is 344 g/mol. The molecule has 6 heteroatoms. The molecule has 1 rings (SSSR count). The predicted molar refractivity (Wildman–Crippen MR) is 92.3 cm³/mol. The number of aromatic hydroxyl groups is 2. The summed E-state index contributed by atoms with van der Waals surface area (Å²) in [6.07, 6.45) is 0.334. The second kappa shape index (κ2) is 7.69. The Bertz CT molecular complexity index is 552. The summed E-state index contributed by atoms with van der Waals surface area (Å²) < 4.78 is 24.0. The van der Waals surface area contributed by atoms with E-state index in [-0.39, 0.29) is 29.9 Å². The largest absolute Gasteiger partial charge is 0.508 e. The average molecular weight is 344 g/mol. The van der Waals surface area contributed by atoms with Crippen LogP contribution in [0, 0.1) is 0 Å². The molecule has 0 heterocycles. The van der Waals surface area contributed by atoms with E-state index in [1.165, 1.54) is 18.2 Å². The second-order valence-electron chi connectivity index (χ2n) is 6.98. The van der Waals surface area contributed by atoms with Crippen LogP contribution < -0.4 is 0 Å². The number of benzene rings is 1. The molecule has 0 saturated heterocycles. The van der Waals surface area contributed by atoms with Gasteiger partial charge in [-0.1, -0.05) is 13.8 Å². The van der Waals surface area contributed by atoms with E-state index in [9.17, 15) is 14.8 Å². The van der Waals surface area contributed by atoms with Crippen molar-refractivity contribution in [3.8, 4) is 11.5 Å². The Balaban J connectivity index is 2.94. The Hall–Kier alpha value is -1.03. The van der Waals surface area contributed by atoms with Crippen LogP contribution in [0.15, 0.2) is 18.2 Å². The Morgan fingerprint density at radius 2 is 1.61 bits per heavy atom. The summed E-state index contributed by atoms with van der Waals surface area (Å²) in [7, 11) is -3.22. The van der Waals surface area contributed by atoms with Gasteiger partial charge in [-0.2, -0.15) is 0 Å². The minimum absolute atomic E-state index is 0.0888. The van der Waals surface area contributed by atoms with E-state index in [1.807, 2.05) is 41.5 Å². The quantitative estimate of drug-likeness (QED) is 0.523. The first kappa shape index (κ1) is 20.0. The summed E-state index contributed by atoms with van der Waals surface area (Å²) >= 11 is 0. The van der Waals surface area contributed by atoms with Gasteiger partial charge < -0.3 is 19.3 Å². The molecule has 5 nitrogen and oxygen atoms in total. The topological polar surface area (TPSA) is 76.0 Å². The van der Waals surface area contributed by atoms with Gasteiger partial charge in [0.05, 0.1) is 18.4 Å². The average Bonchev–Trinajstić information content (AvgIpc) is 2.37. The summed E-state index contributed by atoms with van der Waals surface area (Å²) in [6.45, 7) is 11.1. The number of phenols is 2. The van der Waals surface area contributed by atoms with Gasteiger partial charge in [-0.3, -0.25) is 4.57 Å². The first-order chi connectivity index (χ1) is 10.4. The van der Waals surface area contributed by atoms with Crippen LogP contribution >= 0.6 is 7.60 Å². The van der Waals surface area contributed by atoms with Crippen molar-refractivity contribution < 1.29 is 23.8 Å². The molecular formula is C17H29O5P. The van der Waals surface area contributed by atoms with E-state index in [4.69, 9.17) is 9.05 Å². The molecule has 132 valence electrons. The summed E-state index contributed by atoms with van der Waals surface area (Å²) in [5.41, 5.74) is 0.122. The summed E-state index contributed by atoms with van der Waals surface area (Å²) in [5.74, 6) is 0.197. The van der Waals surface area contributed by atoms with E-state index in [2.05, 4.69) is 0 Å². The third-order valence-electron chi connectivity index (χ3n) is 3.46. The zero-order valence-corrected chi connectivity index (χ0v) is 15.8. The first-order valence-electron chi connectivity index (χ1n) is 7.93. The first-order valence-corrected chi connectivity index (χ1v) is 9.66. The van der Waals surface area contributed by atoms with Gasteiger partial charge in [-0.25, -0.2) is 0 Å². The van der Waals surface area contributed by atoms with Crippen molar-refractivity contribution in [2.45, 2.75) is 65.6 Å². The van der Waals surface area contributed by atoms with E-state index < -0.39 is 13.0 Å². The van der Waals surface area contributed by atoms with Gasteiger partial charge in [-0.15, -0.1) is 0 Å². The fourth-order valence-corrected chi connectivity index (χ4v) is 4.77. The van der Waals surface area contributed by atoms with E-state index in [1.54, 1.807) is 0 Å². The molecule has 0 aliphatic rings. The third-order valence-corrected chi connectivity index (χ3v) is 5.72. The lowest BCUT2D eigenvalue weighted by atomic mass is 9.81. The molecule has 1 aromatic rings. The van der Waals surface area contributed by atoms with Crippen molar-refractivity contribution in [2.24, 2.45) is 0 Å². The standard InChI is InChI=1S/C17H29O5P/c1-12(2)21-23(20,22-13(3)4)10-9-17(5,6)15-11-14(18)7-8-16(15)19/h7-8,11-13,18-19H,9-10H2,1-6H3. The molecule has 0 atom stereocenters. The molecule has 2 N–H and O–H groups in total. The zero-order chi connectivity index (χ0) is 17.8. The Labute approximate surface area is 139 Å². The number of phenolic OH excluding ortho intramolecular Hbond substituents is 2. The van der Waals surface area contributed by atoms with Crippen LogP contribution in [0.3, 0.4) is 0 Å². The molecule has 0 saturated carbocycles. The van der Waals surface area contributed by atoms with Crippen molar-refractivity contribution in [1.29, 1.82) is 0 Å². The van der Waals surface area contributed by atoms with Crippen LogP contribution in [0.1, 0.15) is 53.5 Å². The maximum absolute atomic E-state index is 12.9. The summed E-state index contributed by atoms with van der Waals surface area (Å²) in [5, 5.41) is 19.7. The second-order valence-corrected chi connectivity index (χ2v) is 9.07. The van der Waals surface area contributed by atoms with Crippen LogP contribution in [0.5, 0.6) is 11.5 Å².